The van der Waals surface area contributed by atoms with Gasteiger partial charge in [0.05, 0.1) is 6.61 Å². The Bertz CT molecular complexity index is 633. The van der Waals surface area contributed by atoms with Gasteiger partial charge in [-0.05, 0) is 11.6 Å². The van der Waals surface area contributed by atoms with Crippen molar-refractivity contribution >= 4 is 5.82 Å². The van der Waals surface area contributed by atoms with E-state index >= 15 is 0 Å². The average Bonchev–Trinajstić information content (AvgIpc) is 2.73. The molecule has 11 nitrogen and oxygen atoms in total. The van der Waals surface area contributed by atoms with E-state index in [1.165, 1.54) is 0 Å². The molecule has 1 aromatic rings. The van der Waals surface area contributed by atoms with Gasteiger partial charge in [-0.3, -0.25) is 15.3 Å². The van der Waals surface area contributed by atoms with Crippen LogP contribution in [-0.4, -0.2) is 49.6 Å². The molecule has 1 fully saturated rings. The lowest BCUT2D eigenvalue weighted by Crippen LogP contribution is -2.43. The molecule has 0 saturated carbocycles. The number of aliphatic hydroxyl groups is 2. The second kappa shape index (κ2) is 5.63. The first-order valence-electron chi connectivity index (χ1n) is 5.65. The first-order chi connectivity index (χ1) is 9.99. The normalized spacial score (nSPS) is 31.7. The number of nitrogens with zero attached hydrogens (tertiary/aromatic N) is 5. The number of azide groups is 1. The lowest BCUT2D eigenvalue weighted by Gasteiger charge is -2.23. The van der Waals surface area contributed by atoms with Gasteiger partial charge in [-0.1, -0.05) is 5.11 Å². The third-order valence-corrected chi connectivity index (χ3v) is 3.02. The summed E-state index contributed by atoms with van der Waals surface area (Å²) in [5.74, 6) is -0.173. The third kappa shape index (κ3) is 2.41. The summed E-state index contributed by atoms with van der Waals surface area (Å²) in [5.41, 5.74) is 6.85. The Morgan fingerprint density at radius 2 is 2.43 bits per heavy atom. The Morgan fingerprint density at radius 3 is 2.95 bits per heavy atom. The molecular weight excluding hydrogens is 291 g/mol. The quantitative estimate of drug-likeness (QED) is 0.246. The second-order valence-electron chi connectivity index (χ2n) is 4.20. The highest BCUT2D eigenvalue weighted by Crippen LogP contribution is 2.39. The van der Waals surface area contributed by atoms with Crippen molar-refractivity contribution in [2.75, 3.05) is 12.1 Å². The van der Waals surface area contributed by atoms with Crippen LogP contribution < -0.4 is 11.2 Å². The number of alkyl halides is 1. The van der Waals surface area contributed by atoms with Crippen LogP contribution in [0.5, 0.6) is 0 Å². The third-order valence-electron chi connectivity index (χ3n) is 3.02. The molecule has 0 aliphatic carbocycles. The van der Waals surface area contributed by atoms with Crippen molar-refractivity contribution < 1.29 is 24.5 Å². The molecule has 114 valence electrons. The molecule has 0 radical (unpaired) electrons. The van der Waals surface area contributed by atoms with E-state index in [9.17, 15) is 19.4 Å². The second-order valence-corrected chi connectivity index (χ2v) is 4.20. The van der Waals surface area contributed by atoms with Gasteiger partial charge in [0.25, 0.3) is 0 Å². The molecule has 1 aromatic heterocycles. The first-order valence-corrected chi connectivity index (χ1v) is 5.65. The van der Waals surface area contributed by atoms with E-state index in [1.54, 1.807) is 5.48 Å². The van der Waals surface area contributed by atoms with Crippen LogP contribution in [0.25, 0.3) is 10.4 Å². The van der Waals surface area contributed by atoms with Gasteiger partial charge in [-0.25, -0.2) is 9.18 Å². The molecule has 1 aliphatic heterocycles. The molecule has 4 N–H and O–H groups in total. The van der Waals surface area contributed by atoms with Gasteiger partial charge in [-0.2, -0.15) is 4.98 Å². The van der Waals surface area contributed by atoms with Crippen molar-refractivity contribution in [1.29, 1.82) is 0 Å². The number of anilines is 1. The Balaban J connectivity index is 2.42. The van der Waals surface area contributed by atoms with Gasteiger partial charge < -0.3 is 14.9 Å². The maximum absolute atomic E-state index is 14.1. The lowest BCUT2D eigenvalue weighted by atomic mass is 10.1. The fourth-order valence-electron chi connectivity index (χ4n) is 1.95. The molecule has 2 heterocycles. The lowest BCUT2D eigenvalue weighted by molar-refractivity contribution is -0.124. The van der Waals surface area contributed by atoms with Crippen LogP contribution in [0.1, 0.15) is 6.23 Å². The zero-order valence-corrected chi connectivity index (χ0v) is 10.4. The largest absolute Gasteiger partial charge is 0.393 e. The highest BCUT2D eigenvalue weighted by atomic mass is 19.1. The van der Waals surface area contributed by atoms with Gasteiger partial charge in [-0.15, -0.1) is 0 Å². The summed E-state index contributed by atoms with van der Waals surface area (Å²) < 4.78 is 19.9. The predicted octanol–water partition coefficient (Wildman–Crippen LogP) is -0.729. The molecule has 4 atom stereocenters. The van der Waals surface area contributed by atoms with Crippen molar-refractivity contribution in [3.63, 3.8) is 0 Å². The minimum atomic E-state index is -2.23. The van der Waals surface area contributed by atoms with Crippen LogP contribution in [0, 0.1) is 0 Å². The topological polar surface area (TPSA) is 166 Å². The molecule has 2 rings (SSSR count). The summed E-state index contributed by atoms with van der Waals surface area (Å²) >= 11 is 0. The maximum atomic E-state index is 14.1. The number of nitrogens with one attached hydrogen (secondary N) is 1. The number of hydrogen-bond donors (Lipinski definition) is 4. The van der Waals surface area contributed by atoms with Crippen LogP contribution in [-0.2, 0) is 4.74 Å². The maximum Gasteiger partial charge on any atom is 0.351 e. The van der Waals surface area contributed by atoms with E-state index in [0.717, 1.165) is 12.3 Å². The van der Waals surface area contributed by atoms with Crippen molar-refractivity contribution in [3.05, 3.63) is 33.2 Å². The monoisotopic (exact) mass is 302 g/mol. The average molecular weight is 302 g/mol. The minimum Gasteiger partial charge on any atom is -0.393 e. The summed E-state index contributed by atoms with van der Waals surface area (Å²) in [6, 6.07) is 1.15. The van der Waals surface area contributed by atoms with E-state index in [2.05, 4.69) is 15.0 Å². The first kappa shape index (κ1) is 15.2. The SMILES string of the molecule is [N-]=[N+]=N[C@]1(CO)O[C@@H](n2ccc(NO)nc2=O)[C@@H](F)[C@@H]1O. The molecule has 0 bridgehead atoms. The van der Waals surface area contributed by atoms with E-state index in [-0.39, 0.29) is 5.82 Å². The Hall–Kier alpha value is -2.24. The number of hydrogen-bond acceptors (Lipinski definition) is 8. The number of aliphatic hydroxyl groups excluding tert-OH is 2. The van der Waals surface area contributed by atoms with Crippen LogP contribution in [0.3, 0.4) is 0 Å². The van der Waals surface area contributed by atoms with E-state index in [1.807, 2.05) is 0 Å². The highest BCUT2D eigenvalue weighted by molar-refractivity contribution is 5.28. The van der Waals surface area contributed by atoms with E-state index < -0.39 is 36.5 Å². The van der Waals surface area contributed by atoms with Crippen LogP contribution in [0.15, 0.2) is 22.2 Å². The Morgan fingerprint density at radius 1 is 1.71 bits per heavy atom. The zero-order chi connectivity index (χ0) is 15.6. The summed E-state index contributed by atoms with van der Waals surface area (Å²) in [6.07, 6.45) is -4.70. The standard InChI is InChI=1S/C9H11FN6O5/c10-5-6(18)9(3-17,14-15-11)21-7(5)16-2-1-4(13-20)12-8(16)19/h1-2,5-7,17-18,20H,3H2,(H,12,13,19)/t5-,6-,7+,9+/m0/s1. The van der Waals surface area contributed by atoms with E-state index in [4.69, 9.17) is 15.5 Å². The fourth-order valence-corrected chi connectivity index (χ4v) is 1.95. The van der Waals surface area contributed by atoms with Gasteiger partial charge in [0.2, 0.25) is 5.72 Å². The van der Waals surface area contributed by atoms with Crippen molar-refractivity contribution in [3.8, 4) is 0 Å². The molecule has 1 saturated heterocycles. The predicted molar refractivity (Wildman–Crippen MR) is 63.9 cm³/mol. The summed E-state index contributed by atoms with van der Waals surface area (Å²) in [4.78, 5) is 17.5. The Kier molecular flexibility index (Phi) is 4.06. The van der Waals surface area contributed by atoms with Gasteiger partial charge in [0, 0.05) is 11.1 Å². The summed E-state index contributed by atoms with van der Waals surface area (Å²) in [6.45, 7) is -0.979. The number of aromatic nitrogens is 2. The number of halogens is 1. The molecule has 0 amide bonds. The fraction of sp³-hybridized carbons (Fsp3) is 0.556. The Labute approximate surface area is 115 Å². The van der Waals surface area contributed by atoms with Gasteiger partial charge in [0.15, 0.2) is 18.2 Å². The smallest absolute Gasteiger partial charge is 0.351 e. The minimum absolute atomic E-state index is 0.173. The van der Waals surface area contributed by atoms with Crippen LogP contribution >= 0.6 is 0 Å². The summed E-state index contributed by atoms with van der Waals surface area (Å²) in [7, 11) is 0. The molecule has 0 unspecified atom stereocenters. The highest BCUT2D eigenvalue weighted by Gasteiger charge is 2.56. The number of rotatable bonds is 4. The zero-order valence-electron chi connectivity index (χ0n) is 10.4. The molecule has 21 heavy (non-hydrogen) atoms. The summed E-state index contributed by atoms with van der Waals surface area (Å²) in [5, 5.41) is 30.6. The van der Waals surface area contributed by atoms with Gasteiger partial charge in [0.1, 0.15) is 6.10 Å². The van der Waals surface area contributed by atoms with E-state index in [0.29, 0.717) is 4.57 Å². The van der Waals surface area contributed by atoms with Crippen molar-refractivity contribution in [2.24, 2.45) is 5.11 Å². The van der Waals surface area contributed by atoms with Gasteiger partial charge >= 0.3 is 5.69 Å². The number of ether oxygens (including phenoxy) is 1. The van der Waals surface area contributed by atoms with Crippen molar-refractivity contribution in [1.82, 2.24) is 9.55 Å². The molecule has 0 spiro atoms. The molecule has 1 aliphatic rings. The van der Waals surface area contributed by atoms with Crippen LogP contribution in [0.4, 0.5) is 10.2 Å². The molecule has 12 heteroatoms. The van der Waals surface area contributed by atoms with Crippen LogP contribution in [0.2, 0.25) is 0 Å². The van der Waals surface area contributed by atoms with Crippen molar-refractivity contribution in [2.45, 2.75) is 24.2 Å². The molecular formula is C9H11FN6O5. The molecule has 0 aromatic carbocycles.